The fraction of sp³-hybridized carbons (Fsp3) is 0.273. The molecule has 0 bridgehead atoms. The van der Waals surface area contributed by atoms with Crippen LogP contribution in [0.3, 0.4) is 0 Å². The van der Waals surface area contributed by atoms with Crippen molar-refractivity contribution >= 4 is 17.1 Å². The van der Waals surface area contributed by atoms with Gasteiger partial charge >= 0.3 is 11.9 Å². The normalized spacial score (nSPS) is 11.7. The van der Waals surface area contributed by atoms with Gasteiger partial charge in [0.15, 0.2) is 5.58 Å². The first-order valence-electron chi connectivity index (χ1n) is 4.96. The summed E-state index contributed by atoms with van der Waals surface area (Å²) in [6.45, 7) is 1.31. The molecule has 0 N–H and O–H groups in total. The van der Waals surface area contributed by atoms with E-state index in [2.05, 4.69) is 9.72 Å². The van der Waals surface area contributed by atoms with Crippen molar-refractivity contribution in [3.63, 3.8) is 0 Å². The summed E-state index contributed by atoms with van der Waals surface area (Å²) in [5.41, 5.74) is 0.470. The fourth-order valence-electron chi connectivity index (χ4n) is 1.32. The molecule has 1 aromatic carbocycles. The molecular formula is C11H9F2NO3. The van der Waals surface area contributed by atoms with Crippen LogP contribution in [0.25, 0.3) is 11.1 Å². The number of carbonyl (C=O) groups excluding carboxylic acids is 1. The zero-order valence-corrected chi connectivity index (χ0v) is 8.94. The average molecular weight is 241 g/mol. The molecule has 0 saturated carbocycles. The van der Waals surface area contributed by atoms with Crippen molar-refractivity contribution in [2.45, 2.75) is 12.8 Å². The maximum Gasteiger partial charge on any atom is 0.416 e. The van der Waals surface area contributed by atoms with Gasteiger partial charge in [-0.05, 0) is 19.1 Å². The van der Waals surface area contributed by atoms with Crippen molar-refractivity contribution in [2.24, 2.45) is 0 Å². The molecule has 0 aliphatic rings. The van der Waals surface area contributed by atoms with Crippen molar-refractivity contribution in [2.75, 3.05) is 6.61 Å². The van der Waals surface area contributed by atoms with Gasteiger partial charge in [0.2, 0.25) is 0 Å². The van der Waals surface area contributed by atoms with E-state index in [1.165, 1.54) is 19.1 Å². The Morgan fingerprint density at radius 1 is 1.47 bits per heavy atom. The van der Waals surface area contributed by atoms with Crippen molar-refractivity contribution < 1.29 is 22.7 Å². The van der Waals surface area contributed by atoms with E-state index >= 15 is 0 Å². The maximum atomic E-state index is 13.5. The van der Waals surface area contributed by atoms with Gasteiger partial charge in [0.25, 0.3) is 5.89 Å². The molecule has 2 rings (SSSR count). The van der Waals surface area contributed by atoms with Crippen LogP contribution in [0.15, 0.2) is 28.7 Å². The third-order valence-corrected chi connectivity index (χ3v) is 2.09. The summed E-state index contributed by atoms with van der Waals surface area (Å²) in [4.78, 5) is 14.6. The van der Waals surface area contributed by atoms with Gasteiger partial charge in [-0.2, -0.15) is 8.78 Å². The van der Waals surface area contributed by atoms with Crippen LogP contribution in [-0.2, 0) is 15.5 Å². The Balaban J connectivity index is 2.41. The molecule has 17 heavy (non-hydrogen) atoms. The van der Waals surface area contributed by atoms with Crippen LogP contribution in [0.4, 0.5) is 8.78 Å². The second kappa shape index (κ2) is 4.12. The van der Waals surface area contributed by atoms with E-state index in [9.17, 15) is 13.6 Å². The zero-order valence-electron chi connectivity index (χ0n) is 8.94. The minimum Gasteiger partial charge on any atom is -0.461 e. The number of hydrogen-bond donors (Lipinski definition) is 0. The van der Waals surface area contributed by atoms with Gasteiger partial charge in [-0.25, -0.2) is 9.78 Å². The largest absolute Gasteiger partial charge is 0.461 e. The molecule has 1 aromatic heterocycles. The van der Waals surface area contributed by atoms with Gasteiger partial charge in [-0.3, -0.25) is 0 Å². The number of oxazole rings is 1. The van der Waals surface area contributed by atoms with Crippen molar-refractivity contribution in [1.82, 2.24) is 4.98 Å². The second-order valence-corrected chi connectivity index (χ2v) is 3.28. The Kier molecular flexibility index (Phi) is 2.79. The number of benzene rings is 1. The number of halogens is 2. The topological polar surface area (TPSA) is 52.3 Å². The van der Waals surface area contributed by atoms with E-state index in [4.69, 9.17) is 4.42 Å². The molecule has 1 heterocycles. The Morgan fingerprint density at radius 3 is 2.82 bits per heavy atom. The van der Waals surface area contributed by atoms with Crippen LogP contribution in [0.5, 0.6) is 0 Å². The first-order chi connectivity index (χ1) is 8.05. The summed E-state index contributed by atoms with van der Waals surface area (Å²) in [5, 5.41) is 0. The van der Waals surface area contributed by atoms with Gasteiger partial charge in [-0.1, -0.05) is 12.1 Å². The smallest absolute Gasteiger partial charge is 0.416 e. The number of para-hydroxylation sites is 2. The Bertz CT molecular complexity index is 517. The molecule has 0 atom stereocenters. The highest BCUT2D eigenvalue weighted by Gasteiger charge is 2.48. The number of hydrogen-bond acceptors (Lipinski definition) is 4. The zero-order chi connectivity index (χ0) is 12.5. The molecule has 4 nitrogen and oxygen atoms in total. The lowest BCUT2D eigenvalue weighted by Crippen LogP contribution is -2.28. The lowest BCUT2D eigenvalue weighted by molar-refractivity contribution is -0.176. The number of ether oxygens (including phenoxy) is 1. The summed E-state index contributed by atoms with van der Waals surface area (Å²) >= 11 is 0. The number of aromatic nitrogens is 1. The molecular weight excluding hydrogens is 232 g/mol. The Morgan fingerprint density at radius 2 is 2.18 bits per heavy atom. The van der Waals surface area contributed by atoms with Gasteiger partial charge in [0.1, 0.15) is 5.52 Å². The third kappa shape index (κ3) is 1.98. The van der Waals surface area contributed by atoms with Crippen LogP contribution in [0.1, 0.15) is 12.8 Å². The molecule has 0 spiro atoms. The number of carbonyl (C=O) groups is 1. The van der Waals surface area contributed by atoms with Gasteiger partial charge < -0.3 is 9.15 Å². The summed E-state index contributed by atoms with van der Waals surface area (Å²) in [7, 11) is 0. The lowest BCUT2D eigenvalue weighted by atomic mass is 10.3. The van der Waals surface area contributed by atoms with E-state index in [0.717, 1.165) is 0 Å². The quantitative estimate of drug-likeness (QED) is 0.774. The first-order valence-corrected chi connectivity index (χ1v) is 4.96. The highest BCUT2D eigenvalue weighted by Crippen LogP contribution is 2.31. The number of rotatable bonds is 3. The van der Waals surface area contributed by atoms with Crippen molar-refractivity contribution in [3.05, 3.63) is 30.2 Å². The summed E-state index contributed by atoms with van der Waals surface area (Å²) in [5.74, 6) is -6.47. The van der Waals surface area contributed by atoms with Crippen LogP contribution in [0, 0.1) is 0 Å². The van der Waals surface area contributed by atoms with Crippen molar-refractivity contribution in [3.8, 4) is 0 Å². The number of alkyl halides is 2. The van der Waals surface area contributed by atoms with Gasteiger partial charge in [-0.15, -0.1) is 0 Å². The highest BCUT2D eigenvalue weighted by molar-refractivity contribution is 5.80. The Hall–Kier alpha value is -1.98. The minimum atomic E-state index is -3.87. The average Bonchev–Trinajstić information content (AvgIpc) is 2.73. The molecule has 2 aromatic rings. The fourth-order valence-corrected chi connectivity index (χ4v) is 1.32. The molecule has 90 valence electrons. The molecule has 0 saturated heterocycles. The molecule has 0 aliphatic carbocycles. The van der Waals surface area contributed by atoms with E-state index in [1.807, 2.05) is 0 Å². The number of fused-ring (bicyclic) bond motifs is 1. The van der Waals surface area contributed by atoms with E-state index in [0.29, 0.717) is 0 Å². The maximum absolute atomic E-state index is 13.5. The molecule has 0 unspecified atom stereocenters. The standard InChI is InChI=1S/C11H9F2NO3/c1-2-16-10(15)11(12,13)9-14-7-5-3-4-6-8(7)17-9/h3-6H,2H2,1H3. The SMILES string of the molecule is CCOC(=O)C(F)(F)c1nc2ccccc2o1. The minimum absolute atomic E-state index is 0.130. The lowest BCUT2D eigenvalue weighted by Gasteiger charge is -2.09. The van der Waals surface area contributed by atoms with E-state index in [-0.39, 0.29) is 17.7 Å². The summed E-state index contributed by atoms with van der Waals surface area (Å²) in [6, 6.07) is 6.27. The summed E-state index contributed by atoms with van der Waals surface area (Å²) < 4.78 is 36.2. The molecule has 0 amide bonds. The number of esters is 1. The van der Waals surface area contributed by atoms with Crippen LogP contribution >= 0.6 is 0 Å². The Labute approximate surface area is 95.2 Å². The molecule has 0 fully saturated rings. The van der Waals surface area contributed by atoms with E-state index < -0.39 is 17.8 Å². The van der Waals surface area contributed by atoms with Gasteiger partial charge in [0, 0.05) is 0 Å². The monoisotopic (exact) mass is 241 g/mol. The predicted octanol–water partition coefficient (Wildman–Crippen LogP) is 2.48. The van der Waals surface area contributed by atoms with Crippen LogP contribution in [0.2, 0.25) is 0 Å². The summed E-state index contributed by atoms with van der Waals surface area (Å²) in [6.07, 6.45) is 0. The predicted molar refractivity (Wildman–Crippen MR) is 54.5 cm³/mol. The molecule has 6 heteroatoms. The number of nitrogens with zero attached hydrogens (tertiary/aromatic N) is 1. The van der Waals surface area contributed by atoms with Crippen LogP contribution in [-0.4, -0.2) is 17.6 Å². The molecule has 0 radical (unpaired) electrons. The molecule has 0 aliphatic heterocycles. The second-order valence-electron chi connectivity index (χ2n) is 3.28. The van der Waals surface area contributed by atoms with Gasteiger partial charge in [0.05, 0.1) is 6.61 Å². The van der Waals surface area contributed by atoms with Crippen molar-refractivity contribution in [1.29, 1.82) is 0 Å². The third-order valence-electron chi connectivity index (χ3n) is 2.09. The highest BCUT2D eigenvalue weighted by atomic mass is 19.3. The van der Waals surface area contributed by atoms with Crippen LogP contribution < -0.4 is 0 Å². The van der Waals surface area contributed by atoms with E-state index in [1.54, 1.807) is 12.1 Å². The first kappa shape index (κ1) is 11.5.